The molecule has 2 saturated carbocycles. The fourth-order valence-electron chi connectivity index (χ4n) is 5.18. The Morgan fingerprint density at radius 3 is 2.69 bits per heavy atom. The Balaban J connectivity index is 1.79. The van der Waals surface area contributed by atoms with E-state index in [1.165, 1.54) is 6.08 Å². The Morgan fingerprint density at radius 2 is 2.09 bits per heavy atom. The molecule has 9 heteroatoms. The van der Waals surface area contributed by atoms with Gasteiger partial charge in [-0.3, -0.25) is 14.6 Å². The Labute approximate surface area is 206 Å². The molecular formula is C26H36N6O3. The summed E-state index contributed by atoms with van der Waals surface area (Å²) in [6.07, 6.45) is 13.5. The van der Waals surface area contributed by atoms with Crippen molar-refractivity contribution in [3.05, 3.63) is 47.3 Å². The predicted molar refractivity (Wildman–Crippen MR) is 139 cm³/mol. The minimum Gasteiger partial charge on any atom is -0.480 e. The predicted octanol–water partition coefficient (Wildman–Crippen LogP) is 4.04. The number of carbonyl (C=O) groups excluding carboxylic acids is 1. The van der Waals surface area contributed by atoms with E-state index in [2.05, 4.69) is 26.4 Å². The van der Waals surface area contributed by atoms with Crippen LogP contribution in [-0.4, -0.2) is 58.1 Å². The zero-order chi connectivity index (χ0) is 25.1. The summed E-state index contributed by atoms with van der Waals surface area (Å²) < 4.78 is 9.37. The van der Waals surface area contributed by atoms with Crippen LogP contribution < -0.4 is 10.9 Å². The van der Waals surface area contributed by atoms with E-state index in [-0.39, 0.29) is 23.6 Å². The molecule has 4 rings (SSSR count). The molecule has 0 bridgehead atoms. The molecule has 9 nitrogen and oxygen atoms in total. The van der Waals surface area contributed by atoms with E-state index < -0.39 is 0 Å². The second-order valence-corrected chi connectivity index (χ2v) is 9.35. The molecule has 2 aromatic rings. The van der Waals surface area contributed by atoms with E-state index in [0.717, 1.165) is 56.3 Å². The number of carbonyl (C=O) groups is 1. The molecular weight excluding hydrogens is 444 g/mol. The van der Waals surface area contributed by atoms with Gasteiger partial charge in [0.15, 0.2) is 0 Å². The highest BCUT2D eigenvalue weighted by atomic mass is 16.5. The summed E-state index contributed by atoms with van der Waals surface area (Å²) in [6.45, 7) is 5.65. The smallest absolute Gasteiger partial charge is 0.277 e. The van der Waals surface area contributed by atoms with Crippen LogP contribution in [-0.2, 0) is 9.53 Å². The van der Waals surface area contributed by atoms with Gasteiger partial charge in [-0.05, 0) is 51.0 Å². The number of hydrogen-bond donors (Lipinski definition) is 1. The van der Waals surface area contributed by atoms with Crippen LogP contribution in [0, 0.1) is 0 Å². The van der Waals surface area contributed by atoms with Crippen molar-refractivity contribution in [1.82, 2.24) is 19.0 Å². The summed E-state index contributed by atoms with van der Waals surface area (Å²) in [4.78, 5) is 36.6. The van der Waals surface area contributed by atoms with Crippen LogP contribution in [0.2, 0.25) is 0 Å². The number of nitrogens with zero attached hydrogens (tertiary/aromatic N) is 5. The molecule has 0 saturated heterocycles. The van der Waals surface area contributed by atoms with Gasteiger partial charge in [-0.2, -0.15) is 0 Å². The van der Waals surface area contributed by atoms with E-state index in [9.17, 15) is 9.59 Å². The van der Waals surface area contributed by atoms with E-state index >= 15 is 0 Å². The van der Waals surface area contributed by atoms with E-state index in [4.69, 9.17) is 4.74 Å². The van der Waals surface area contributed by atoms with Gasteiger partial charge in [0, 0.05) is 38.4 Å². The fraction of sp³-hybridized carbons (Fsp3) is 0.538. The third-order valence-corrected chi connectivity index (χ3v) is 7.37. The summed E-state index contributed by atoms with van der Waals surface area (Å²) in [7, 11) is 5.08. The molecule has 2 fully saturated rings. The maximum absolute atomic E-state index is 13.8. The molecule has 2 aromatic heterocycles. The highest BCUT2D eigenvalue weighted by molar-refractivity contribution is 5.99. The number of nitrogens with one attached hydrogen (secondary N) is 1. The van der Waals surface area contributed by atoms with Crippen LogP contribution in [0.1, 0.15) is 64.0 Å². The number of aliphatic imine (C=N–C) groups is 1. The molecule has 0 aromatic carbocycles. The lowest BCUT2D eigenvalue weighted by Gasteiger charge is -2.27. The number of likely N-dealkylation sites (N-methyl/N-ethyl adjacent to an activating group) is 1. The first kappa shape index (κ1) is 24.8. The first-order valence-corrected chi connectivity index (χ1v) is 12.4. The Hall–Kier alpha value is -3.36. The number of pyridine rings is 1. The normalized spacial score (nSPS) is 21.1. The third-order valence-electron chi connectivity index (χ3n) is 7.37. The molecule has 0 aliphatic heterocycles. The summed E-state index contributed by atoms with van der Waals surface area (Å²) in [6, 6.07) is 0.369. The maximum atomic E-state index is 13.8. The Kier molecular flexibility index (Phi) is 7.42. The van der Waals surface area contributed by atoms with E-state index in [1.807, 2.05) is 23.8 Å². The van der Waals surface area contributed by atoms with E-state index in [1.54, 1.807) is 32.4 Å². The largest absolute Gasteiger partial charge is 0.480 e. The highest BCUT2D eigenvalue weighted by Crippen LogP contribution is 2.37. The number of amides is 1. The van der Waals surface area contributed by atoms with Gasteiger partial charge in [0.2, 0.25) is 11.8 Å². The van der Waals surface area contributed by atoms with Gasteiger partial charge in [-0.15, -0.1) is 0 Å². The molecule has 1 amide bonds. The van der Waals surface area contributed by atoms with Crippen molar-refractivity contribution in [3.8, 4) is 0 Å². The molecule has 2 unspecified atom stereocenters. The molecule has 2 aliphatic carbocycles. The molecule has 188 valence electrons. The van der Waals surface area contributed by atoms with Gasteiger partial charge in [0.1, 0.15) is 11.0 Å². The molecule has 1 N–H and O–H groups in total. The van der Waals surface area contributed by atoms with Gasteiger partial charge < -0.3 is 24.1 Å². The molecule has 2 heterocycles. The fourth-order valence-corrected chi connectivity index (χ4v) is 5.18. The van der Waals surface area contributed by atoms with Crippen LogP contribution in [0.15, 0.2) is 46.7 Å². The van der Waals surface area contributed by atoms with Crippen LogP contribution in [0.3, 0.4) is 0 Å². The topological polar surface area (TPSA) is 93.8 Å². The van der Waals surface area contributed by atoms with Crippen molar-refractivity contribution in [2.75, 3.05) is 26.5 Å². The Bertz CT molecular complexity index is 1220. The summed E-state index contributed by atoms with van der Waals surface area (Å²) in [5, 5.41) is 3.46. The number of anilines is 1. The number of fused-ring (bicyclic) bond motifs is 1. The number of imidazole rings is 1. The van der Waals surface area contributed by atoms with Crippen molar-refractivity contribution in [2.24, 2.45) is 4.99 Å². The van der Waals surface area contributed by atoms with Gasteiger partial charge >= 0.3 is 0 Å². The lowest BCUT2D eigenvalue weighted by Crippen LogP contribution is -2.35. The number of allylic oxidation sites excluding steroid dienone is 1. The van der Waals surface area contributed by atoms with Gasteiger partial charge in [0.25, 0.3) is 5.56 Å². The number of hydrogen-bond acceptors (Lipinski definition) is 6. The summed E-state index contributed by atoms with van der Waals surface area (Å²) in [5.74, 6) is 0.394. The minimum absolute atomic E-state index is 0.0115. The zero-order valence-electron chi connectivity index (χ0n) is 21.2. The van der Waals surface area contributed by atoms with Crippen LogP contribution in [0.25, 0.3) is 11.0 Å². The quantitative estimate of drug-likeness (QED) is 0.350. The first-order valence-electron chi connectivity index (χ1n) is 12.4. The van der Waals surface area contributed by atoms with Crippen LogP contribution >= 0.6 is 0 Å². The Morgan fingerprint density at radius 1 is 1.31 bits per heavy atom. The number of rotatable bonds is 8. The average Bonchev–Trinajstić information content (AvgIpc) is 3.48. The van der Waals surface area contributed by atoms with Gasteiger partial charge in [0.05, 0.1) is 24.8 Å². The standard InChI is InChI=1S/C26H36N6O3/c1-6-9-20(25(27-3)35-5)29-21-15-31(19-13-12-18(14-19)30(4)22(33)7-2)26(34)24-23(21)28-16-32(24)17-10-8-11-17/h7,9,15-19,29H,2,6,8,10-14H2,1,3-5H3/b20-9+,27-25?. The number of methoxy groups -OCH3 is 1. The zero-order valence-corrected chi connectivity index (χ0v) is 21.2. The number of aromatic nitrogens is 3. The number of ether oxygens (including phenoxy) is 1. The SMILES string of the molecule is C=CC(=O)N(C)C1CCC(n2cc(N/C(=C/CC)C(=NC)OC)c3ncn(C4CCC4)c3c2=O)C1. The second-order valence-electron chi connectivity index (χ2n) is 9.35. The summed E-state index contributed by atoms with van der Waals surface area (Å²) >= 11 is 0. The third kappa shape index (κ3) is 4.63. The van der Waals surface area contributed by atoms with Crippen molar-refractivity contribution >= 4 is 28.5 Å². The maximum Gasteiger partial charge on any atom is 0.277 e. The highest BCUT2D eigenvalue weighted by Gasteiger charge is 2.32. The second kappa shape index (κ2) is 10.5. The van der Waals surface area contributed by atoms with Crippen molar-refractivity contribution in [3.63, 3.8) is 0 Å². The van der Waals surface area contributed by atoms with Gasteiger partial charge in [-0.1, -0.05) is 19.6 Å². The first-order chi connectivity index (χ1) is 16.9. The van der Waals surface area contributed by atoms with Crippen molar-refractivity contribution < 1.29 is 9.53 Å². The molecule has 0 spiro atoms. The average molecular weight is 481 g/mol. The summed E-state index contributed by atoms with van der Waals surface area (Å²) in [5.41, 5.74) is 2.73. The molecule has 35 heavy (non-hydrogen) atoms. The monoisotopic (exact) mass is 480 g/mol. The minimum atomic E-state index is -0.0934. The van der Waals surface area contributed by atoms with Crippen LogP contribution in [0.5, 0.6) is 0 Å². The molecule has 0 radical (unpaired) electrons. The molecule has 2 atom stereocenters. The van der Waals surface area contributed by atoms with Gasteiger partial charge in [-0.25, -0.2) is 4.98 Å². The van der Waals surface area contributed by atoms with Crippen molar-refractivity contribution in [2.45, 2.75) is 70.0 Å². The van der Waals surface area contributed by atoms with E-state index in [0.29, 0.717) is 23.0 Å². The van der Waals surface area contributed by atoms with Crippen molar-refractivity contribution in [1.29, 1.82) is 0 Å². The van der Waals surface area contributed by atoms with Crippen LogP contribution in [0.4, 0.5) is 5.69 Å². The molecule has 2 aliphatic rings. The lowest BCUT2D eigenvalue weighted by molar-refractivity contribution is -0.126. The lowest BCUT2D eigenvalue weighted by atomic mass is 9.93.